The zero-order valence-corrected chi connectivity index (χ0v) is 14.0. The van der Waals surface area contributed by atoms with Crippen molar-refractivity contribution in [1.29, 1.82) is 0 Å². The summed E-state index contributed by atoms with van der Waals surface area (Å²) >= 11 is 0. The average molecular weight is 327 g/mol. The van der Waals surface area contributed by atoms with Gasteiger partial charge in [0, 0.05) is 6.04 Å². The maximum atomic E-state index is 12.1. The molecule has 0 unspecified atom stereocenters. The van der Waals surface area contributed by atoms with E-state index in [1.807, 2.05) is 38.1 Å². The molecule has 1 saturated carbocycles. The molecular formula is C16H25NO4S. The van der Waals surface area contributed by atoms with E-state index in [0.717, 1.165) is 12.0 Å². The van der Waals surface area contributed by atoms with Gasteiger partial charge < -0.3 is 9.84 Å². The second-order valence-electron chi connectivity index (χ2n) is 6.00. The van der Waals surface area contributed by atoms with Crippen LogP contribution in [-0.4, -0.2) is 38.0 Å². The molecule has 0 saturated heterocycles. The topological polar surface area (TPSA) is 75.6 Å². The third-order valence-corrected chi connectivity index (χ3v) is 5.50. The number of aryl methyl sites for hydroxylation is 1. The van der Waals surface area contributed by atoms with Gasteiger partial charge in [-0.3, -0.25) is 0 Å². The van der Waals surface area contributed by atoms with E-state index in [2.05, 4.69) is 4.72 Å². The first-order valence-corrected chi connectivity index (χ1v) is 9.42. The average Bonchev–Trinajstić information content (AvgIpc) is 2.44. The molecule has 1 atom stereocenters. The van der Waals surface area contributed by atoms with Crippen LogP contribution in [0.15, 0.2) is 24.3 Å². The molecule has 6 heteroatoms. The van der Waals surface area contributed by atoms with Crippen LogP contribution in [0.1, 0.15) is 31.7 Å². The normalized spacial score (nSPS) is 22.9. The summed E-state index contributed by atoms with van der Waals surface area (Å²) in [7, 11) is -3.37. The fraction of sp³-hybridized carbons (Fsp3) is 0.625. The molecule has 2 rings (SSSR count). The number of sulfonamides is 1. The van der Waals surface area contributed by atoms with Gasteiger partial charge in [-0.05, 0) is 44.2 Å². The Bertz CT molecular complexity index is 564. The van der Waals surface area contributed by atoms with Gasteiger partial charge in [-0.15, -0.1) is 0 Å². The van der Waals surface area contributed by atoms with Crippen LogP contribution in [0, 0.1) is 12.8 Å². The van der Waals surface area contributed by atoms with Crippen LogP contribution in [0.5, 0.6) is 5.75 Å². The smallest absolute Gasteiger partial charge is 0.215 e. The summed E-state index contributed by atoms with van der Waals surface area (Å²) in [6.07, 6.45) is 1.82. The molecule has 5 nitrogen and oxygen atoms in total. The highest BCUT2D eigenvalue weighted by Gasteiger charge is 2.34. The minimum Gasteiger partial charge on any atom is -0.492 e. The molecule has 0 spiro atoms. The van der Waals surface area contributed by atoms with Gasteiger partial charge in [-0.1, -0.05) is 24.6 Å². The van der Waals surface area contributed by atoms with Gasteiger partial charge in [0.2, 0.25) is 10.0 Å². The number of ether oxygens (including phenoxy) is 1. The van der Waals surface area contributed by atoms with E-state index in [-0.39, 0.29) is 30.4 Å². The van der Waals surface area contributed by atoms with Crippen molar-refractivity contribution in [2.75, 3.05) is 12.4 Å². The summed E-state index contributed by atoms with van der Waals surface area (Å²) in [5, 5.41) is 9.35. The second kappa shape index (κ2) is 7.44. The lowest BCUT2D eigenvalue weighted by atomic mass is 9.77. The molecule has 22 heavy (non-hydrogen) atoms. The number of hydrogen-bond acceptors (Lipinski definition) is 4. The predicted molar refractivity (Wildman–Crippen MR) is 86.4 cm³/mol. The monoisotopic (exact) mass is 327 g/mol. The Morgan fingerprint density at radius 1 is 1.32 bits per heavy atom. The number of nitrogens with one attached hydrogen (secondary N) is 1. The summed E-state index contributed by atoms with van der Waals surface area (Å²) in [5.74, 6) is 0.856. The van der Waals surface area contributed by atoms with E-state index in [4.69, 9.17) is 4.74 Å². The molecule has 1 aromatic carbocycles. The van der Waals surface area contributed by atoms with Crippen LogP contribution in [0.3, 0.4) is 0 Å². The van der Waals surface area contributed by atoms with Gasteiger partial charge in [0.25, 0.3) is 0 Å². The van der Waals surface area contributed by atoms with Gasteiger partial charge in [0.05, 0.1) is 11.9 Å². The molecule has 0 radical (unpaired) electrons. The van der Waals surface area contributed by atoms with Crippen molar-refractivity contribution in [2.45, 2.75) is 45.3 Å². The number of aliphatic hydroxyl groups excluding tert-OH is 1. The Labute approximate surface area is 132 Å². The van der Waals surface area contributed by atoms with Crippen molar-refractivity contribution < 1.29 is 18.3 Å². The van der Waals surface area contributed by atoms with Crippen molar-refractivity contribution >= 4 is 10.0 Å². The Balaban J connectivity index is 1.79. The van der Waals surface area contributed by atoms with Gasteiger partial charge in [0.1, 0.15) is 12.4 Å². The molecule has 0 amide bonds. The first kappa shape index (κ1) is 17.2. The molecule has 1 aliphatic carbocycles. The van der Waals surface area contributed by atoms with Gasteiger partial charge in [0.15, 0.2) is 0 Å². The van der Waals surface area contributed by atoms with Crippen LogP contribution in [0.25, 0.3) is 0 Å². The maximum Gasteiger partial charge on any atom is 0.215 e. The first-order chi connectivity index (χ1) is 10.4. The fourth-order valence-corrected chi connectivity index (χ4v) is 3.91. The summed E-state index contributed by atoms with van der Waals surface area (Å²) < 4.78 is 32.4. The zero-order valence-electron chi connectivity index (χ0n) is 13.2. The van der Waals surface area contributed by atoms with E-state index >= 15 is 0 Å². The summed E-state index contributed by atoms with van der Waals surface area (Å²) in [6, 6.07) is 7.43. The van der Waals surface area contributed by atoms with Crippen LogP contribution in [-0.2, 0) is 10.0 Å². The first-order valence-electron chi connectivity index (χ1n) is 7.77. The molecule has 2 N–H and O–H groups in total. The standard InChI is InChI=1S/C16H25NO4S/c1-3-16(13-10-14(18)11-13)17-22(19,20)9-8-21-15-6-4-12(2)5-7-15/h4-7,13-14,16-18H,3,8-11H2,1-2H3/t13?,14?,16-/m0/s1. The minimum atomic E-state index is -3.37. The molecular weight excluding hydrogens is 302 g/mol. The summed E-state index contributed by atoms with van der Waals surface area (Å²) in [6.45, 7) is 4.07. The molecule has 124 valence electrons. The lowest BCUT2D eigenvalue weighted by Crippen LogP contribution is -2.47. The lowest BCUT2D eigenvalue weighted by molar-refractivity contribution is 0.0277. The quantitative estimate of drug-likeness (QED) is 0.764. The highest BCUT2D eigenvalue weighted by atomic mass is 32.2. The summed E-state index contributed by atoms with van der Waals surface area (Å²) in [5.41, 5.74) is 1.13. The van der Waals surface area contributed by atoms with E-state index in [1.165, 1.54) is 0 Å². The third-order valence-electron chi connectivity index (χ3n) is 4.13. The van der Waals surface area contributed by atoms with Crippen molar-refractivity contribution in [3.63, 3.8) is 0 Å². The molecule has 0 bridgehead atoms. The summed E-state index contributed by atoms with van der Waals surface area (Å²) in [4.78, 5) is 0. The molecule has 0 aromatic heterocycles. The van der Waals surface area contributed by atoms with Crippen molar-refractivity contribution in [1.82, 2.24) is 4.72 Å². The fourth-order valence-electron chi connectivity index (χ4n) is 2.66. The molecule has 0 aliphatic heterocycles. The predicted octanol–water partition coefficient (Wildman–Crippen LogP) is 1.84. The highest BCUT2D eigenvalue weighted by molar-refractivity contribution is 7.89. The Hall–Kier alpha value is -1.11. The maximum absolute atomic E-state index is 12.1. The van der Waals surface area contributed by atoms with Crippen LogP contribution in [0.2, 0.25) is 0 Å². The van der Waals surface area contributed by atoms with Crippen molar-refractivity contribution in [3.8, 4) is 5.75 Å². The van der Waals surface area contributed by atoms with Gasteiger partial charge in [-0.2, -0.15) is 0 Å². The van der Waals surface area contributed by atoms with E-state index < -0.39 is 10.0 Å². The van der Waals surface area contributed by atoms with Crippen molar-refractivity contribution in [3.05, 3.63) is 29.8 Å². The largest absolute Gasteiger partial charge is 0.492 e. The number of benzene rings is 1. The van der Waals surface area contributed by atoms with Gasteiger partial charge >= 0.3 is 0 Å². The highest BCUT2D eigenvalue weighted by Crippen LogP contribution is 2.31. The van der Waals surface area contributed by atoms with E-state index in [9.17, 15) is 13.5 Å². The number of hydrogen-bond donors (Lipinski definition) is 2. The molecule has 1 aromatic rings. The number of aliphatic hydroxyl groups is 1. The minimum absolute atomic E-state index is 0.0628. The van der Waals surface area contributed by atoms with E-state index in [0.29, 0.717) is 18.6 Å². The van der Waals surface area contributed by atoms with Crippen molar-refractivity contribution in [2.24, 2.45) is 5.92 Å². The number of rotatable bonds is 8. The second-order valence-corrected chi connectivity index (χ2v) is 7.87. The Morgan fingerprint density at radius 2 is 1.95 bits per heavy atom. The van der Waals surface area contributed by atoms with Gasteiger partial charge in [-0.25, -0.2) is 13.1 Å². The Kier molecular flexibility index (Phi) is 5.83. The zero-order chi connectivity index (χ0) is 16.2. The van der Waals surface area contributed by atoms with Crippen LogP contribution >= 0.6 is 0 Å². The van der Waals surface area contributed by atoms with Crippen LogP contribution in [0.4, 0.5) is 0 Å². The molecule has 1 aliphatic rings. The molecule has 0 heterocycles. The molecule has 1 fully saturated rings. The van der Waals surface area contributed by atoms with E-state index in [1.54, 1.807) is 0 Å². The van der Waals surface area contributed by atoms with Crippen LogP contribution < -0.4 is 9.46 Å². The Morgan fingerprint density at radius 3 is 2.50 bits per heavy atom. The lowest BCUT2D eigenvalue weighted by Gasteiger charge is -2.37. The SMILES string of the molecule is CC[C@H](NS(=O)(=O)CCOc1ccc(C)cc1)C1CC(O)C1. The third kappa shape index (κ3) is 4.97.